The molecule has 0 saturated heterocycles. The third-order valence-corrected chi connectivity index (χ3v) is 4.47. The number of nitrogens with one attached hydrogen (secondary N) is 1. The zero-order valence-corrected chi connectivity index (χ0v) is 11.5. The maximum Gasteiger partial charge on any atom is 0.289 e. The smallest absolute Gasteiger partial charge is 0.289 e. The molecule has 1 N–H and O–H groups in total. The van der Waals surface area contributed by atoms with E-state index in [1.54, 1.807) is 6.92 Å². The molecule has 17 heavy (non-hydrogen) atoms. The van der Waals surface area contributed by atoms with Crippen molar-refractivity contribution in [2.45, 2.75) is 44.6 Å². The van der Waals surface area contributed by atoms with Crippen LogP contribution in [0.3, 0.4) is 0 Å². The standard InChI is InChI=1S/C12H17BrN2O2/c1-9-10(17-8-14-9)11(16)15-12(7-13)5-3-2-4-6-12/h8H,2-7H2,1H3,(H,15,16). The number of halogens is 1. The molecule has 1 aromatic heterocycles. The van der Waals surface area contributed by atoms with Crippen LogP contribution < -0.4 is 5.32 Å². The van der Waals surface area contributed by atoms with Crippen molar-refractivity contribution in [2.24, 2.45) is 0 Å². The fraction of sp³-hybridized carbons (Fsp3) is 0.667. The van der Waals surface area contributed by atoms with Crippen LogP contribution >= 0.6 is 15.9 Å². The van der Waals surface area contributed by atoms with E-state index in [0.29, 0.717) is 11.5 Å². The Bertz CT molecular complexity index is 397. The van der Waals surface area contributed by atoms with Crippen LogP contribution in [0.15, 0.2) is 10.8 Å². The highest BCUT2D eigenvalue weighted by atomic mass is 79.9. The third kappa shape index (κ3) is 2.70. The lowest BCUT2D eigenvalue weighted by atomic mass is 9.83. The Morgan fingerprint density at radius 1 is 1.53 bits per heavy atom. The molecule has 1 aromatic rings. The SMILES string of the molecule is Cc1ncoc1C(=O)NC1(CBr)CCCCC1. The molecular weight excluding hydrogens is 284 g/mol. The van der Waals surface area contributed by atoms with Gasteiger partial charge in [-0.25, -0.2) is 4.98 Å². The number of oxazole rings is 1. The first kappa shape index (κ1) is 12.6. The van der Waals surface area contributed by atoms with Gasteiger partial charge in [0.05, 0.1) is 11.2 Å². The van der Waals surface area contributed by atoms with Gasteiger partial charge in [-0.1, -0.05) is 35.2 Å². The number of carbonyl (C=O) groups excluding carboxylic acids is 1. The number of carbonyl (C=O) groups is 1. The maximum absolute atomic E-state index is 12.1. The largest absolute Gasteiger partial charge is 0.438 e. The average Bonchev–Trinajstić information content (AvgIpc) is 2.77. The molecule has 1 fully saturated rings. The number of aryl methyl sites for hydroxylation is 1. The molecule has 0 aromatic carbocycles. The first-order valence-electron chi connectivity index (χ1n) is 5.95. The van der Waals surface area contributed by atoms with Crippen LogP contribution in [0.2, 0.25) is 0 Å². The van der Waals surface area contributed by atoms with E-state index in [-0.39, 0.29) is 11.4 Å². The number of hydrogen-bond donors (Lipinski definition) is 1. The Kier molecular flexibility index (Phi) is 3.86. The van der Waals surface area contributed by atoms with Gasteiger partial charge in [-0.15, -0.1) is 0 Å². The van der Waals surface area contributed by atoms with Gasteiger partial charge in [-0.05, 0) is 19.8 Å². The highest BCUT2D eigenvalue weighted by Gasteiger charge is 2.33. The van der Waals surface area contributed by atoms with Gasteiger partial charge < -0.3 is 9.73 Å². The molecule has 0 unspecified atom stereocenters. The summed E-state index contributed by atoms with van der Waals surface area (Å²) in [5, 5.41) is 3.90. The summed E-state index contributed by atoms with van der Waals surface area (Å²) in [5.74, 6) is 0.178. The van der Waals surface area contributed by atoms with Crippen LogP contribution in [-0.4, -0.2) is 21.8 Å². The molecule has 0 atom stereocenters. The van der Waals surface area contributed by atoms with E-state index in [9.17, 15) is 4.79 Å². The van der Waals surface area contributed by atoms with Crippen molar-refractivity contribution in [3.05, 3.63) is 17.8 Å². The molecule has 1 amide bonds. The summed E-state index contributed by atoms with van der Waals surface area (Å²) < 4.78 is 5.12. The number of alkyl halides is 1. The molecule has 5 heteroatoms. The van der Waals surface area contributed by atoms with Crippen molar-refractivity contribution in [2.75, 3.05) is 5.33 Å². The number of nitrogens with zero attached hydrogens (tertiary/aromatic N) is 1. The summed E-state index contributed by atoms with van der Waals surface area (Å²) in [7, 11) is 0. The zero-order valence-electron chi connectivity index (χ0n) is 9.96. The molecule has 0 bridgehead atoms. The number of amides is 1. The lowest BCUT2D eigenvalue weighted by Gasteiger charge is -2.36. The molecule has 2 rings (SSSR count). The summed E-state index contributed by atoms with van der Waals surface area (Å²) in [6, 6.07) is 0. The van der Waals surface area contributed by atoms with Crippen LogP contribution in [-0.2, 0) is 0 Å². The van der Waals surface area contributed by atoms with Crippen LogP contribution in [0.5, 0.6) is 0 Å². The van der Waals surface area contributed by atoms with Crippen LogP contribution in [0.1, 0.15) is 48.4 Å². The van der Waals surface area contributed by atoms with E-state index in [1.165, 1.54) is 25.7 Å². The van der Waals surface area contributed by atoms with E-state index in [1.807, 2.05) is 0 Å². The third-order valence-electron chi connectivity index (χ3n) is 3.40. The molecule has 1 aliphatic rings. The van der Waals surface area contributed by atoms with Crippen molar-refractivity contribution >= 4 is 21.8 Å². The van der Waals surface area contributed by atoms with Gasteiger partial charge in [0.1, 0.15) is 0 Å². The van der Waals surface area contributed by atoms with Crippen LogP contribution in [0, 0.1) is 6.92 Å². The lowest BCUT2D eigenvalue weighted by Crippen LogP contribution is -2.51. The fourth-order valence-electron chi connectivity index (χ4n) is 2.34. The summed E-state index contributed by atoms with van der Waals surface area (Å²) >= 11 is 3.52. The van der Waals surface area contributed by atoms with Crippen molar-refractivity contribution < 1.29 is 9.21 Å². The van der Waals surface area contributed by atoms with Gasteiger partial charge in [0.15, 0.2) is 6.39 Å². The predicted molar refractivity (Wildman–Crippen MR) is 68.3 cm³/mol. The van der Waals surface area contributed by atoms with Crippen molar-refractivity contribution in [1.82, 2.24) is 10.3 Å². The van der Waals surface area contributed by atoms with E-state index in [0.717, 1.165) is 18.2 Å². The van der Waals surface area contributed by atoms with E-state index in [4.69, 9.17) is 4.42 Å². The van der Waals surface area contributed by atoms with Crippen LogP contribution in [0.4, 0.5) is 0 Å². The second-order valence-corrected chi connectivity index (χ2v) is 5.26. The first-order valence-corrected chi connectivity index (χ1v) is 7.08. The van der Waals surface area contributed by atoms with Crippen molar-refractivity contribution in [3.63, 3.8) is 0 Å². The first-order chi connectivity index (χ1) is 8.17. The molecule has 1 aliphatic carbocycles. The Labute approximate surface area is 109 Å². The Morgan fingerprint density at radius 3 is 2.76 bits per heavy atom. The molecule has 94 valence electrons. The minimum atomic E-state index is -0.152. The zero-order chi connectivity index (χ0) is 12.3. The highest BCUT2D eigenvalue weighted by Crippen LogP contribution is 2.30. The average molecular weight is 301 g/mol. The summed E-state index contributed by atoms with van der Waals surface area (Å²) in [5.41, 5.74) is 0.525. The number of rotatable bonds is 3. The second kappa shape index (κ2) is 5.21. The summed E-state index contributed by atoms with van der Waals surface area (Å²) in [6.45, 7) is 1.78. The van der Waals surface area contributed by atoms with Gasteiger partial charge in [0.2, 0.25) is 5.76 Å². The normalized spacial score (nSPS) is 18.9. The van der Waals surface area contributed by atoms with E-state index >= 15 is 0 Å². The monoisotopic (exact) mass is 300 g/mol. The molecule has 1 heterocycles. The number of aromatic nitrogens is 1. The van der Waals surface area contributed by atoms with Crippen molar-refractivity contribution in [1.29, 1.82) is 0 Å². The summed E-state index contributed by atoms with van der Waals surface area (Å²) in [4.78, 5) is 16.0. The van der Waals surface area contributed by atoms with Gasteiger partial charge in [0, 0.05) is 5.33 Å². The Hall–Kier alpha value is -0.840. The second-order valence-electron chi connectivity index (χ2n) is 4.70. The molecule has 1 saturated carbocycles. The van der Waals surface area contributed by atoms with E-state index in [2.05, 4.69) is 26.2 Å². The predicted octanol–water partition coefficient (Wildman–Crippen LogP) is 2.81. The summed E-state index contributed by atoms with van der Waals surface area (Å²) in [6.07, 6.45) is 6.95. The molecule has 0 aliphatic heterocycles. The molecule has 0 spiro atoms. The van der Waals surface area contributed by atoms with Gasteiger partial charge in [0.25, 0.3) is 5.91 Å². The van der Waals surface area contributed by atoms with E-state index < -0.39 is 0 Å². The molecule has 4 nitrogen and oxygen atoms in total. The highest BCUT2D eigenvalue weighted by molar-refractivity contribution is 9.09. The van der Waals surface area contributed by atoms with Crippen LogP contribution in [0.25, 0.3) is 0 Å². The van der Waals surface area contributed by atoms with Crippen molar-refractivity contribution in [3.8, 4) is 0 Å². The van der Waals surface area contributed by atoms with Gasteiger partial charge in [-0.3, -0.25) is 4.79 Å². The minimum Gasteiger partial charge on any atom is -0.438 e. The fourth-order valence-corrected chi connectivity index (χ4v) is 3.04. The number of hydrogen-bond acceptors (Lipinski definition) is 3. The maximum atomic E-state index is 12.1. The van der Waals surface area contributed by atoms with Gasteiger partial charge in [-0.2, -0.15) is 0 Å². The topological polar surface area (TPSA) is 55.1 Å². The van der Waals surface area contributed by atoms with Gasteiger partial charge >= 0.3 is 0 Å². The Balaban J connectivity index is 2.08. The molecular formula is C12H17BrN2O2. The Morgan fingerprint density at radius 2 is 2.24 bits per heavy atom. The molecule has 0 radical (unpaired) electrons. The lowest BCUT2D eigenvalue weighted by molar-refractivity contribution is 0.0857. The quantitative estimate of drug-likeness (QED) is 0.873. The minimum absolute atomic E-state index is 0.117.